The van der Waals surface area contributed by atoms with Gasteiger partial charge in [0.05, 0.1) is 0 Å². The molecule has 0 aliphatic carbocycles. The van der Waals surface area contributed by atoms with Crippen LogP contribution >= 0.6 is 0 Å². The first-order chi connectivity index (χ1) is 6.56. The Labute approximate surface area is 82.5 Å². The van der Waals surface area contributed by atoms with E-state index in [1.54, 1.807) is 0 Å². The normalized spacial score (nSPS) is 12.7. The van der Waals surface area contributed by atoms with Gasteiger partial charge in [-0.2, -0.15) is 0 Å². The molecule has 80 valence electrons. The molecule has 0 heterocycles. The molecule has 3 N–H and O–H groups in total. The van der Waals surface area contributed by atoms with Gasteiger partial charge in [0.15, 0.2) is 0 Å². The largest absolute Gasteiger partial charge is 0.478 e. The lowest BCUT2D eigenvalue weighted by Crippen LogP contribution is -2.27. The van der Waals surface area contributed by atoms with E-state index < -0.39 is 11.9 Å². The third-order valence-electron chi connectivity index (χ3n) is 1.46. The third-order valence-corrected chi connectivity index (χ3v) is 1.46. The van der Waals surface area contributed by atoms with Gasteiger partial charge >= 0.3 is 11.9 Å². The van der Waals surface area contributed by atoms with Crippen LogP contribution in [0, 0.1) is 0 Å². The zero-order valence-electron chi connectivity index (χ0n) is 8.10. The van der Waals surface area contributed by atoms with Crippen molar-refractivity contribution in [2.45, 2.75) is 25.8 Å². The first kappa shape index (κ1) is 12.6. The molecule has 0 aliphatic rings. The van der Waals surface area contributed by atoms with Crippen molar-refractivity contribution in [1.29, 1.82) is 0 Å². The number of hydrogen-bond acceptors (Lipinski definition) is 4. The van der Waals surface area contributed by atoms with Gasteiger partial charge < -0.3 is 15.6 Å². The van der Waals surface area contributed by atoms with Crippen molar-refractivity contribution in [3.05, 3.63) is 12.2 Å². The second-order valence-electron chi connectivity index (χ2n) is 2.85. The number of esters is 1. The van der Waals surface area contributed by atoms with E-state index in [0.29, 0.717) is 0 Å². The van der Waals surface area contributed by atoms with Crippen LogP contribution in [-0.2, 0) is 14.3 Å². The highest BCUT2D eigenvalue weighted by molar-refractivity contribution is 5.90. The first-order valence-corrected chi connectivity index (χ1v) is 4.39. The summed E-state index contributed by atoms with van der Waals surface area (Å²) in [5, 5.41) is 8.20. The Morgan fingerprint density at radius 2 is 2.14 bits per heavy atom. The number of nitrogens with two attached hydrogens (primary N) is 1. The summed E-state index contributed by atoms with van der Waals surface area (Å²) in [5.74, 6) is -1.86. The van der Waals surface area contributed by atoms with E-state index in [9.17, 15) is 9.59 Å². The molecule has 1 unspecified atom stereocenters. The van der Waals surface area contributed by atoms with Crippen molar-refractivity contribution in [2.75, 3.05) is 6.61 Å². The summed E-state index contributed by atoms with van der Waals surface area (Å²) in [4.78, 5) is 20.9. The number of ether oxygens (including phenoxy) is 1. The van der Waals surface area contributed by atoms with E-state index in [2.05, 4.69) is 0 Å². The second kappa shape index (κ2) is 7.08. The van der Waals surface area contributed by atoms with E-state index in [1.165, 1.54) is 0 Å². The van der Waals surface area contributed by atoms with Crippen molar-refractivity contribution >= 4 is 11.9 Å². The summed E-state index contributed by atoms with van der Waals surface area (Å²) in [5.41, 5.74) is 5.57. The molecular weight excluding hydrogens is 186 g/mol. The Morgan fingerprint density at radius 3 is 2.64 bits per heavy atom. The van der Waals surface area contributed by atoms with E-state index in [0.717, 1.165) is 25.0 Å². The van der Waals surface area contributed by atoms with Gasteiger partial charge in [0, 0.05) is 18.2 Å². The van der Waals surface area contributed by atoms with Crippen molar-refractivity contribution in [2.24, 2.45) is 5.73 Å². The lowest BCUT2D eigenvalue weighted by atomic mass is 10.2. The van der Waals surface area contributed by atoms with Crippen LogP contribution in [0.2, 0.25) is 0 Å². The minimum atomic E-state index is -1.18. The molecule has 0 amide bonds. The van der Waals surface area contributed by atoms with Crippen molar-refractivity contribution < 1.29 is 19.4 Å². The standard InChI is InChI=1S/C9H15NO4/c1-2-3-7(10)6-14-9(13)5-4-8(11)12/h4-5,7H,2-3,6,10H2,1H3,(H,11,12)/b5-4-. The van der Waals surface area contributed by atoms with Crippen LogP contribution in [-0.4, -0.2) is 29.7 Å². The molecule has 5 nitrogen and oxygen atoms in total. The number of carboxylic acids is 1. The highest BCUT2D eigenvalue weighted by atomic mass is 16.5. The highest BCUT2D eigenvalue weighted by Crippen LogP contribution is 1.94. The Kier molecular flexibility index (Phi) is 6.39. The van der Waals surface area contributed by atoms with Gasteiger partial charge in [-0.1, -0.05) is 13.3 Å². The number of carbonyl (C=O) groups is 2. The Balaban J connectivity index is 3.68. The van der Waals surface area contributed by atoms with E-state index in [-0.39, 0.29) is 12.6 Å². The molecule has 0 aromatic rings. The average molecular weight is 201 g/mol. The molecule has 0 spiro atoms. The molecule has 0 aromatic carbocycles. The van der Waals surface area contributed by atoms with E-state index in [1.807, 2.05) is 6.92 Å². The van der Waals surface area contributed by atoms with Gasteiger partial charge in [-0.15, -0.1) is 0 Å². The van der Waals surface area contributed by atoms with Crippen LogP contribution in [0.15, 0.2) is 12.2 Å². The highest BCUT2D eigenvalue weighted by Gasteiger charge is 2.04. The molecule has 0 aliphatic heterocycles. The molecule has 0 aromatic heterocycles. The van der Waals surface area contributed by atoms with Gasteiger partial charge in [0.1, 0.15) is 6.61 Å². The number of rotatable bonds is 6. The van der Waals surface area contributed by atoms with Gasteiger partial charge in [-0.25, -0.2) is 9.59 Å². The number of aliphatic carboxylic acids is 1. The van der Waals surface area contributed by atoms with Gasteiger partial charge in [0.2, 0.25) is 0 Å². The number of hydrogen-bond donors (Lipinski definition) is 2. The molecule has 0 fully saturated rings. The zero-order chi connectivity index (χ0) is 11.0. The monoisotopic (exact) mass is 201 g/mol. The summed E-state index contributed by atoms with van der Waals surface area (Å²) in [7, 11) is 0. The van der Waals surface area contributed by atoms with Crippen LogP contribution in [0.3, 0.4) is 0 Å². The molecule has 0 bridgehead atoms. The van der Waals surface area contributed by atoms with Gasteiger partial charge in [-0.05, 0) is 6.42 Å². The summed E-state index contributed by atoms with van der Waals surface area (Å²) in [6.07, 6.45) is 3.29. The molecule has 0 saturated carbocycles. The van der Waals surface area contributed by atoms with Crippen molar-refractivity contribution in [3.8, 4) is 0 Å². The maximum absolute atomic E-state index is 10.8. The molecule has 0 saturated heterocycles. The van der Waals surface area contributed by atoms with E-state index in [4.69, 9.17) is 15.6 Å². The van der Waals surface area contributed by atoms with Crippen LogP contribution in [0.1, 0.15) is 19.8 Å². The Bertz CT molecular complexity index is 225. The van der Waals surface area contributed by atoms with Gasteiger partial charge in [-0.3, -0.25) is 0 Å². The molecule has 14 heavy (non-hydrogen) atoms. The smallest absolute Gasteiger partial charge is 0.331 e. The quantitative estimate of drug-likeness (QED) is 0.476. The van der Waals surface area contributed by atoms with Crippen LogP contribution in [0.25, 0.3) is 0 Å². The lowest BCUT2D eigenvalue weighted by Gasteiger charge is -2.09. The molecule has 0 radical (unpaired) electrons. The fourth-order valence-corrected chi connectivity index (χ4v) is 0.831. The van der Waals surface area contributed by atoms with E-state index >= 15 is 0 Å². The summed E-state index contributed by atoms with van der Waals surface area (Å²) in [6.45, 7) is 2.10. The topological polar surface area (TPSA) is 89.6 Å². The maximum atomic E-state index is 10.8. The molecular formula is C9H15NO4. The van der Waals surface area contributed by atoms with Crippen LogP contribution in [0.5, 0.6) is 0 Å². The first-order valence-electron chi connectivity index (χ1n) is 4.39. The van der Waals surface area contributed by atoms with Crippen LogP contribution < -0.4 is 5.73 Å². The van der Waals surface area contributed by atoms with Crippen LogP contribution in [0.4, 0.5) is 0 Å². The second-order valence-corrected chi connectivity index (χ2v) is 2.85. The molecule has 5 heteroatoms. The fourth-order valence-electron chi connectivity index (χ4n) is 0.831. The predicted molar refractivity (Wildman–Crippen MR) is 50.6 cm³/mol. The summed E-state index contributed by atoms with van der Waals surface area (Å²) < 4.78 is 4.69. The maximum Gasteiger partial charge on any atom is 0.331 e. The zero-order valence-corrected chi connectivity index (χ0v) is 8.10. The fraction of sp³-hybridized carbons (Fsp3) is 0.556. The summed E-state index contributed by atoms with van der Waals surface area (Å²) in [6, 6.07) is -0.179. The Hall–Kier alpha value is -1.36. The average Bonchev–Trinajstić information content (AvgIpc) is 2.12. The molecule has 0 rings (SSSR count). The third kappa shape index (κ3) is 7.30. The number of carbonyl (C=O) groups excluding carboxylic acids is 1. The lowest BCUT2D eigenvalue weighted by molar-refractivity contribution is -0.139. The SMILES string of the molecule is CCCC(N)COC(=O)/C=C\C(=O)O. The summed E-state index contributed by atoms with van der Waals surface area (Å²) >= 11 is 0. The van der Waals surface area contributed by atoms with Gasteiger partial charge in [0.25, 0.3) is 0 Å². The Morgan fingerprint density at radius 1 is 1.50 bits per heavy atom. The minimum Gasteiger partial charge on any atom is -0.478 e. The van der Waals surface area contributed by atoms with Crippen molar-refractivity contribution in [3.63, 3.8) is 0 Å². The minimum absolute atomic E-state index is 0.122. The predicted octanol–water partition coefficient (Wildman–Crippen LogP) is 0.298. The van der Waals surface area contributed by atoms with Crippen molar-refractivity contribution in [1.82, 2.24) is 0 Å². The molecule has 1 atom stereocenters. The number of carboxylic acid groups (broad SMARTS) is 1.